The molecule has 0 saturated carbocycles. The molecule has 4 rings (SSSR count). The van der Waals surface area contributed by atoms with Crippen LogP contribution in [-0.4, -0.2) is 33.7 Å². The lowest BCUT2D eigenvalue weighted by Crippen LogP contribution is -2.46. The summed E-state index contributed by atoms with van der Waals surface area (Å²) in [5.41, 5.74) is 3.58. The second kappa shape index (κ2) is 7.94. The number of nitrogens with zero attached hydrogens (tertiary/aromatic N) is 2. The van der Waals surface area contributed by atoms with E-state index in [4.69, 9.17) is 4.74 Å². The Labute approximate surface area is 173 Å². The summed E-state index contributed by atoms with van der Waals surface area (Å²) in [4.78, 5) is 32.1. The van der Waals surface area contributed by atoms with Gasteiger partial charge in [0, 0.05) is 18.3 Å². The van der Waals surface area contributed by atoms with Crippen molar-refractivity contribution in [2.75, 3.05) is 6.61 Å². The maximum Gasteiger partial charge on any atom is 0.407 e. The van der Waals surface area contributed by atoms with Crippen molar-refractivity contribution in [1.82, 2.24) is 15.3 Å². The smallest absolute Gasteiger partial charge is 0.407 e. The number of fused-ring (bicyclic) bond motifs is 3. The lowest BCUT2D eigenvalue weighted by molar-refractivity contribution is -0.138. The molecular weight excluding hydrogens is 382 g/mol. The summed E-state index contributed by atoms with van der Waals surface area (Å²) in [5, 5.41) is 12.0. The number of rotatable bonds is 6. The topological polar surface area (TPSA) is 101 Å². The second-order valence-electron chi connectivity index (χ2n) is 7.44. The Bertz CT molecular complexity index is 1040. The van der Waals surface area contributed by atoms with Gasteiger partial charge in [-0.05, 0) is 29.2 Å². The highest BCUT2D eigenvalue weighted by molar-refractivity contribution is 5.79. The molecule has 1 aliphatic rings. The molecule has 0 fully saturated rings. The molecule has 0 radical (unpaired) electrons. The first kappa shape index (κ1) is 19.6. The van der Waals surface area contributed by atoms with Crippen LogP contribution in [0.4, 0.5) is 4.79 Å². The summed E-state index contributed by atoms with van der Waals surface area (Å²) in [6.45, 7) is 1.73. The molecular formula is C23H21N3O4. The molecule has 1 aromatic heterocycles. The molecule has 152 valence electrons. The molecule has 7 nitrogen and oxygen atoms in total. The first-order valence-electron chi connectivity index (χ1n) is 9.59. The van der Waals surface area contributed by atoms with E-state index in [1.807, 2.05) is 36.4 Å². The number of carboxylic acids is 1. The maximum atomic E-state index is 12.6. The van der Waals surface area contributed by atoms with Crippen LogP contribution in [0.2, 0.25) is 0 Å². The molecule has 0 spiro atoms. The molecule has 1 amide bonds. The molecule has 0 aliphatic heterocycles. The number of ether oxygens (including phenoxy) is 1. The molecule has 1 aliphatic carbocycles. The molecule has 2 aromatic carbocycles. The van der Waals surface area contributed by atoms with Gasteiger partial charge in [0.1, 0.15) is 6.61 Å². The van der Waals surface area contributed by atoms with Gasteiger partial charge >= 0.3 is 12.1 Å². The van der Waals surface area contributed by atoms with Gasteiger partial charge in [-0.3, -0.25) is 14.8 Å². The third kappa shape index (κ3) is 3.74. The molecule has 30 heavy (non-hydrogen) atoms. The number of nitrogens with one attached hydrogen (secondary N) is 1. The zero-order valence-electron chi connectivity index (χ0n) is 16.4. The van der Waals surface area contributed by atoms with Gasteiger partial charge in [0.25, 0.3) is 0 Å². The first-order valence-corrected chi connectivity index (χ1v) is 9.59. The highest BCUT2D eigenvalue weighted by Crippen LogP contribution is 2.44. The van der Waals surface area contributed by atoms with Crippen molar-refractivity contribution >= 4 is 12.1 Å². The van der Waals surface area contributed by atoms with E-state index in [1.54, 1.807) is 6.92 Å². The minimum Gasteiger partial charge on any atom is -0.481 e. The molecule has 2 N–H and O–H groups in total. The quantitative estimate of drug-likeness (QED) is 0.651. The largest absolute Gasteiger partial charge is 0.481 e. The van der Waals surface area contributed by atoms with Crippen molar-refractivity contribution in [3.63, 3.8) is 0 Å². The lowest BCUT2D eigenvalue weighted by Gasteiger charge is -2.28. The van der Waals surface area contributed by atoms with Gasteiger partial charge in [-0.25, -0.2) is 4.79 Å². The van der Waals surface area contributed by atoms with E-state index in [-0.39, 0.29) is 18.9 Å². The number of amides is 1. The SMILES string of the molecule is CC(CC(=O)O)(NC(=O)OCC1c2ccccc2-c2ccccc21)c1cnccn1. The van der Waals surface area contributed by atoms with E-state index in [0.29, 0.717) is 5.69 Å². The predicted molar refractivity (Wildman–Crippen MR) is 110 cm³/mol. The van der Waals surface area contributed by atoms with Gasteiger partial charge in [0.05, 0.1) is 23.9 Å². The van der Waals surface area contributed by atoms with E-state index in [1.165, 1.54) is 18.6 Å². The van der Waals surface area contributed by atoms with Crippen LogP contribution in [-0.2, 0) is 15.1 Å². The number of alkyl carbamates (subject to hydrolysis) is 1. The fourth-order valence-corrected chi connectivity index (χ4v) is 3.95. The van der Waals surface area contributed by atoms with Crippen molar-refractivity contribution in [1.29, 1.82) is 0 Å². The summed E-state index contributed by atoms with van der Waals surface area (Å²) in [5.74, 6) is -1.15. The van der Waals surface area contributed by atoms with Crippen LogP contribution in [0.5, 0.6) is 0 Å². The normalized spacial score (nSPS) is 14.3. The Morgan fingerprint density at radius 1 is 1.07 bits per heavy atom. The average molecular weight is 403 g/mol. The number of aliphatic carboxylic acids is 1. The first-order chi connectivity index (χ1) is 14.5. The number of aromatic nitrogens is 2. The number of carbonyl (C=O) groups is 2. The van der Waals surface area contributed by atoms with Gasteiger partial charge in [0.15, 0.2) is 0 Å². The summed E-state index contributed by atoms with van der Waals surface area (Å²) in [7, 11) is 0. The van der Waals surface area contributed by atoms with Crippen LogP contribution in [0, 0.1) is 0 Å². The number of benzene rings is 2. The molecule has 1 unspecified atom stereocenters. The summed E-state index contributed by atoms with van der Waals surface area (Å²) in [6.07, 6.45) is 3.32. The fourth-order valence-electron chi connectivity index (χ4n) is 3.95. The lowest BCUT2D eigenvalue weighted by atomic mass is 9.94. The van der Waals surface area contributed by atoms with E-state index < -0.39 is 17.6 Å². The molecule has 1 atom stereocenters. The van der Waals surface area contributed by atoms with E-state index in [0.717, 1.165) is 22.3 Å². The zero-order chi connectivity index (χ0) is 21.1. The van der Waals surface area contributed by atoms with Crippen LogP contribution in [0.1, 0.15) is 36.1 Å². The van der Waals surface area contributed by atoms with Crippen molar-refractivity contribution in [3.05, 3.63) is 83.9 Å². The molecule has 0 bridgehead atoms. The van der Waals surface area contributed by atoms with Gasteiger partial charge in [-0.2, -0.15) is 0 Å². The average Bonchev–Trinajstić information content (AvgIpc) is 3.06. The van der Waals surface area contributed by atoms with Crippen LogP contribution >= 0.6 is 0 Å². The molecule has 1 heterocycles. The number of hydrogen-bond donors (Lipinski definition) is 2. The number of carbonyl (C=O) groups excluding carboxylic acids is 1. The third-order valence-corrected chi connectivity index (χ3v) is 5.35. The van der Waals surface area contributed by atoms with Crippen LogP contribution in [0.25, 0.3) is 11.1 Å². The molecule has 0 saturated heterocycles. The molecule has 7 heteroatoms. The van der Waals surface area contributed by atoms with Gasteiger partial charge < -0.3 is 15.2 Å². The summed E-state index contributed by atoms with van der Waals surface area (Å²) >= 11 is 0. The summed E-state index contributed by atoms with van der Waals surface area (Å²) in [6, 6.07) is 16.1. The minimum absolute atomic E-state index is 0.0783. The highest BCUT2D eigenvalue weighted by atomic mass is 16.5. The molecule has 3 aromatic rings. The van der Waals surface area contributed by atoms with Crippen LogP contribution in [0.15, 0.2) is 67.1 Å². The van der Waals surface area contributed by atoms with Gasteiger partial charge in [0.2, 0.25) is 0 Å². The minimum atomic E-state index is -1.25. The van der Waals surface area contributed by atoms with Gasteiger partial charge in [-0.1, -0.05) is 48.5 Å². The van der Waals surface area contributed by atoms with Crippen molar-refractivity contribution in [3.8, 4) is 11.1 Å². The zero-order valence-corrected chi connectivity index (χ0v) is 16.4. The Hall–Kier alpha value is -3.74. The highest BCUT2D eigenvalue weighted by Gasteiger charge is 2.35. The Morgan fingerprint density at radius 3 is 2.27 bits per heavy atom. The van der Waals surface area contributed by atoms with Crippen LogP contribution in [0.3, 0.4) is 0 Å². The van der Waals surface area contributed by atoms with Crippen molar-refractivity contribution in [2.45, 2.75) is 24.8 Å². The Kier molecular flexibility index (Phi) is 5.18. The van der Waals surface area contributed by atoms with E-state index in [2.05, 4.69) is 27.4 Å². The fraction of sp³-hybridized carbons (Fsp3) is 0.217. The maximum absolute atomic E-state index is 12.6. The van der Waals surface area contributed by atoms with Crippen molar-refractivity contribution < 1.29 is 19.4 Å². The Balaban J connectivity index is 1.51. The number of carboxylic acid groups (broad SMARTS) is 1. The van der Waals surface area contributed by atoms with Crippen molar-refractivity contribution in [2.24, 2.45) is 0 Å². The van der Waals surface area contributed by atoms with Crippen LogP contribution < -0.4 is 5.32 Å². The monoisotopic (exact) mass is 403 g/mol. The van der Waals surface area contributed by atoms with E-state index in [9.17, 15) is 14.7 Å². The van der Waals surface area contributed by atoms with E-state index >= 15 is 0 Å². The number of hydrogen-bond acceptors (Lipinski definition) is 5. The Morgan fingerprint density at radius 2 is 1.70 bits per heavy atom. The standard InChI is InChI=1S/C23H21N3O4/c1-23(12-21(27)28,20-13-24-10-11-25-20)26-22(29)30-14-19-17-8-4-2-6-15(17)16-7-3-5-9-18(16)19/h2-11,13,19H,12,14H2,1H3,(H,26,29)(H,27,28). The van der Waals surface area contributed by atoms with Gasteiger partial charge in [-0.15, -0.1) is 0 Å². The summed E-state index contributed by atoms with van der Waals surface area (Å²) < 4.78 is 5.55. The third-order valence-electron chi connectivity index (χ3n) is 5.35. The second-order valence-corrected chi connectivity index (χ2v) is 7.44. The predicted octanol–water partition coefficient (Wildman–Crippen LogP) is 3.71.